The number of hydrogen-bond acceptors (Lipinski definition) is 4. The van der Waals surface area contributed by atoms with Gasteiger partial charge >= 0.3 is 0 Å². The van der Waals surface area contributed by atoms with Crippen molar-refractivity contribution >= 4 is 16.1 Å². The minimum Gasteiger partial charge on any atom is -0.593 e. The lowest BCUT2D eigenvalue weighted by atomic mass is 9.88. The third-order valence-electron chi connectivity index (χ3n) is 4.86. The maximum absolute atomic E-state index is 12.5. The monoisotopic (exact) mass is 337 g/mol. The van der Waals surface area contributed by atoms with Gasteiger partial charge < -0.3 is 14.8 Å². The fourth-order valence-electron chi connectivity index (χ4n) is 3.55. The van der Waals surface area contributed by atoms with Gasteiger partial charge in [-0.25, -0.2) is 0 Å². The van der Waals surface area contributed by atoms with E-state index in [2.05, 4.69) is 28.8 Å². The van der Waals surface area contributed by atoms with E-state index in [-0.39, 0.29) is 5.54 Å². The highest BCUT2D eigenvalue weighted by atomic mass is 32.3. The quantitative estimate of drug-likeness (QED) is 0.832. The summed E-state index contributed by atoms with van der Waals surface area (Å²) < 4.78 is 27.7. The number of piperidine rings is 1. The van der Waals surface area contributed by atoms with Crippen LogP contribution in [0.1, 0.15) is 33.1 Å². The molecule has 1 spiro atoms. The van der Waals surface area contributed by atoms with Crippen molar-refractivity contribution in [2.45, 2.75) is 43.5 Å². The van der Waals surface area contributed by atoms with Crippen molar-refractivity contribution < 1.29 is 8.76 Å². The fraction of sp³-hybridized carbons (Fsp3) is 0.647. The van der Waals surface area contributed by atoms with Gasteiger partial charge in [0.15, 0.2) is 15.3 Å². The minimum absolute atomic E-state index is 0.213. The molecule has 0 aliphatic carbocycles. The molecule has 1 fully saturated rings. The Labute approximate surface area is 140 Å². The lowest BCUT2D eigenvalue weighted by molar-refractivity contribution is 0.157. The van der Waals surface area contributed by atoms with Crippen LogP contribution < -0.4 is 10.0 Å². The molecule has 2 heterocycles. The normalized spacial score (nSPS) is 31.7. The number of fused-ring (bicyclic) bond motifs is 1. The minimum atomic E-state index is -3.43. The number of hydrogen-bond donors (Lipinski definition) is 2. The summed E-state index contributed by atoms with van der Waals surface area (Å²) >= 11 is 0. The molecule has 5 nitrogen and oxygen atoms in total. The molecule has 23 heavy (non-hydrogen) atoms. The lowest BCUT2D eigenvalue weighted by Crippen LogP contribution is -2.58. The first-order valence-electron chi connectivity index (χ1n) is 8.49. The summed E-state index contributed by atoms with van der Waals surface area (Å²) in [7, 11) is -3.43. The molecule has 128 valence electrons. The summed E-state index contributed by atoms with van der Waals surface area (Å²) in [6.45, 7) is 8.00. The molecule has 0 bridgehead atoms. The van der Waals surface area contributed by atoms with Crippen LogP contribution in [0, 0.1) is 5.92 Å². The Morgan fingerprint density at radius 3 is 2.96 bits per heavy atom. The molecular formula is C17H27N3O2S. The highest BCUT2D eigenvalue weighted by molar-refractivity contribution is 7.96. The highest BCUT2D eigenvalue weighted by Crippen LogP contribution is 2.34. The summed E-state index contributed by atoms with van der Waals surface area (Å²) in [5.41, 5.74) is 0.512. The third-order valence-corrected chi connectivity index (χ3v) is 6.32. The van der Waals surface area contributed by atoms with Crippen molar-refractivity contribution in [3.8, 4) is 0 Å². The Morgan fingerprint density at radius 2 is 2.17 bits per heavy atom. The average molecular weight is 337 g/mol. The molecule has 2 unspecified atom stereocenters. The van der Waals surface area contributed by atoms with Crippen LogP contribution in [-0.4, -0.2) is 41.2 Å². The zero-order valence-electron chi connectivity index (χ0n) is 14.0. The van der Waals surface area contributed by atoms with Crippen LogP contribution in [0.15, 0.2) is 29.2 Å². The lowest BCUT2D eigenvalue weighted by Gasteiger charge is -2.43. The summed E-state index contributed by atoms with van der Waals surface area (Å²) in [6.07, 6.45) is 3.26. The smallest absolute Gasteiger partial charge is 0.198 e. The first-order valence-corrected chi connectivity index (χ1v) is 9.98. The van der Waals surface area contributed by atoms with E-state index in [1.54, 1.807) is 12.1 Å². The second-order valence-corrected chi connectivity index (χ2v) is 9.02. The van der Waals surface area contributed by atoms with Gasteiger partial charge in [-0.3, -0.25) is 0 Å². The Hall–Kier alpha value is -0.950. The van der Waals surface area contributed by atoms with Crippen molar-refractivity contribution in [2.24, 2.45) is 5.92 Å². The molecule has 6 heteroatoms. The number of nitrogens with zero attached hydrogens (tertiary/aromatic N) is 1. The zero-order valence-corrected chi connectivity index (χ0v) is 14.8. The van der Waals surface area contributed by atoms with Crippen LogP contribution in [0.2, 0.25) is 0 Å². The number of anilines is 1. The summed E-state index contributed by atoms with van der Waals surface area (Å²) in [4.78, 5) is 2.83. The van der Waals surface area contributed by atoms with Crippen molar-refractivity contribution in [3.63, 3.8) is 0 Å². The summed E-state index contributed by atoms with van der Waals surface area (Å²) in [5, 5.41) is 3.56. The molecule has 1 saturated heterocycles. The summed E-state index contributed by atoms with van der Waals surface area (Å²) in [6, 6.07) is 7.20. The highest BCUT2D eigenvalue weighted by Gasteiger charge is 2.42. The van der Waals surface area contributed by atoms with Crippen molar-refractivity contribution in [2.75, 3.05) is 31.5 Å². The Balaban J connectivity index is 1.81. The largest absolute Gasteiger partial charge is 0.593 e. The predicted molar refractivity (Wildman–Crippen MR) is 93.0 cm³/mol. The first kappa shape index (κ1) is 16.9. The fourth-order valence-corrected chi connectivity index (χ4v) is 4.84. The van der Waals surface area contributed by atoms with E-state index in [9.17, 15) is 8.76 Å². The van der Waals surface area contributed by atoms with Crippen LogP contribution >= 0.6 is 0 Å². The van der Waals surface area contributed by atoms with Gasteiger partial charge in [0, 0.05) is 6.54 Å². The number of rotatable bonds is 3. The number of sulfonamides is 1. The Kier molecular flexibility index (Phi) is 4.78. The molecule has 2 aliphatic rings. The van der Waals surface area contributed by atoms with Crippen LogP contribution in [0.4, 0.5) is 5.69 Å². The van der Waals surface area contributed by atoms with Gasteiger partial charge in [0.2, 0.25) is 0 Å². The van der Waals surface area contributed by atoms with E-state index < -0.39 is 10.4 Å². The van der Waals surface area contributed by atoms with Crippen molar-refractivity contribution in [3.05, 3.63) is 24.3 Å². The van der Waals surface area contributed by atoms with E-state index in [4.69, 9.17) is 0 Å². The molecule has 1 aromatic rings. The zero-order chi connectivity index (χ0) is 16.5. The molecule has 1 aromatic carbocycles. The molecule has 3 rings (SSSR count). The van der Waals surface area contributed by atoms with E-state index in [0.29, 0.717) is 17.4 Å². The van der Waals surface area contributed by atoms with Crippen molar-refractivity contribution in [1.82, 2.24) is 9.62 Å². The predicted octanol–water partition coefficient (Wildman–Crippen LogP) is 2.49. The van der Waals surface area contributed by atoms with Crippen LogP contribution in [-0.2, 0) is 14.6 Å². The molecule has 2 atom stereocenters. The van der Waals surface area contributed by atoms with E-state index in [1.165, 1.54) is 6.42 Å². The maximum atomic E-state index is 12.5. The summed E-state index contributed by atoms with van der Waals surface area (Å²) in [5.74, 6) is 0.689. The first-order chi connectivity index (χ1) is 10.9. The molecular weight excluding hydrogens is 310 g/mol. The van der Waals surface area contributed by atoms with E-state index in [0.717, 1.165) is 38.2 Å². The van der Waals surface area contributed by atoms with Gasteiger partial charge in [-0.05, 0) is 50.4 Å². The second kappa shape index (κ2) is 6.51. The average Bonchev–Trinajstić information content (AvgIpc) is 2.62. The molecule has 0 radical (unpaired) electrons. The Morgan fingerprint density at radius 1 is 1.39 bits per heavy atom. The van der Waals surface area contributed by atoms with E-state index >= 15 is 0 Å². The SMILES string of the molecule is CC(C)CCN1CCCC2(CN[S+](=O)([O-])c3ccccc3N2)C1. The number of nitrogens with one attached hydrogen (secondary N) is 2. The second-order valence-electron chi connectivity index (χ2n) is 7.29. The molecule has 0 aromatic heterocycles. The van der Waals surface area contributed by atoms with Crippen LogP contribution in [0.3, 0.4) is 0 Å². The number of para-hydroxylation sites is 1. The molecule has 0 amide bonds. The number of likely N-dealkylation sites (tertiary alicyclic amines) is 1. The molecule has 2 aliphatic heterocycles. The van der Waals surface area contributed by atoms with Gasteiger partial charge in [0.05, 0.1) is 17.8 Å². The Bertz CT molecular complexity index is 607. The van der Waals surface area contributed by atoms with Crippen molar-refractivity contribution in [1.29, 1.82) is 0 Å². The molecule has 2 N–H and O–H groups in total. The molecule has 0 saturated carbocycles. The third kappa shape index (κ3) is 3.76. The van der Waals surface area contributed by atoms with Crippen LogP contribution in [0.25, 0.3) is 0 Å². The van der Waals surface area contributed by atoms with Gasteiger partial charge in [-0.1, -0.05) is 30.2 Å². The van der Waals surface area contributed by atoms with Gasteiger partial charge in [0.25, 0.3) is 0 Å². The topological polar surface area (TPSA) is 67.4 Å². The van der Waals surface area contributed by atoms with Gasteiger partial charge in [0.1, 0.15) is 0 Å². The van der Waals surface area contributed by atoms with E-state index in [1.807, 2.05) is 12.1 Å². The standard InChI is InChI=1S/C17H27N3O2S/c1-14(2)8-11-20-10-5-9-17(13-20)12-18-23(21,22)16-7-4-3-6-15(16)19-17/h3-4,6-7,14,19H,5,8-13H2,1-2H3,(H-,18,21,22). The van der Waals surface area contributed by atoms with Gasteiger partial charge in [-0.2, -0.15) is 0 Å². The number of benzene rings is 1. The van der Waals surface area contributed by atoms with Gasteiger partial charge in [-0.15, -0.1) is 4.72 Å². The maximum Gasteiger partial charge on any atom is 0.198 e. The van der Waals surface area contributed by atoms with Crippen LogP contribution in [0.5, 0.6) is 0 Å².